The molecule has 2 aliphatic heterocycles. The van der Waals surface area contributed by atoms with Gasteiger partial charge in [0.2, 0.25) is 0 Å². The summed E-state index contributed by atoms with van der Waals surface area (Å²) in [5.74, 6) is 0.709. The maximum atomic E-state index is 13.2. The number of ether oxygens (including phenoxy) is 1. The number of ketones is 1. The van der Waals surface area contributed by atoms with Crippen molar-refractivity contribution in [2.75, 3.05) is 13.1 Å². The third-order valence-electron chi connectivity index (χ3n) is 6.35. The zero-order valence-corrected chi connectivity index (χ0v) is 17.5. The number of carbonyl (C=O) groups is 2. The van der Waals surface area contributed by atoms with Crippen molar-refractivity contribution >= 4 is 34.1 Å². The van der Waals surface area contributed by atoms with Crippen molar-refractivity contribution in [3.8, 4) is 5.75 Å². The van der Waals surface area contributed by atoms with Gasteiger partial charge >= 0.3 is 0 Å². The minimum absolute atomic E-state index is 0.0341. The molecule has 0 bridgehead atoms. The molecule has 1 spiro atoms. The number of aryl methyl sites for hydroxylation is 1. The van der Waals surface area contributed by atoms with Crippen molar-refractivity contribution in [2.45, 2.75) is 31.8 Å². The topological polar surface area (TPSA) is 46.6 Å². The van der Waals surface area contributed by atoms with Gasteiger partial charge in [-0.15, -0.1) is 0 Å². The largest absolute Gasteiger partial charge is 0.486 e. The molecule has 0 N–H and O–H groups in total. The molecule has 0 aromatic heterocycles. The van der Waals surface area contributed by atoms with Crippen LogP contribution in [0, 0.1) is 6.92 Å². The van der Waals surface area contributed by atoms with Gasteiger partial charge < -0.3 is 9.64 Å². The first-order valence-corrected chi connectivity index (χ1v) is 10.6. The Labute approximate surface area is 180 Å². The first-order chi connectivity index (χ1) is 14.5. The van der Waals surface area contributed by atoms with Gasteiger partial charge in [0, 0.05) is 36.5 Å². The van der Waals surface area contributed by atoms with Gasteiger partial charge in [-0.2, -0.15) is 0 Å². The van der Waals surface area contributed by atoms with Gasteiger partial charge in [0.25, 0.3) is 5.91 Å². The van der Waals surface area contributed by atoms with Crippen molar-refractivity contribution in [1.29, 1.82) is 0 Å². The van der Waals surface area contributed by atoms with Gasteiger partial charge in [-0.05, 0) is 41.5 Å². The lowest BCUT2D eigenvalue weighted by Crippen LogP contribution is -2.52. The van der Waals surface area contributed by atoms with Crippen LogP contribution in [0.4, 0.5) is 0 Å². The summed E-state index contributed by atoms with van der Waals surface area (Å²) in [5.41, 5.74) is 1.63. The summed E-state index contributed by atoms with van der Waals surface area (Å²) in [6.45, 7) is 3.04. The fourth-order valence-electron chi connectivity index (χ4n) is 4.59. The summed E-state index contributed by atoms with van der Waals surface area (Å²) in [4.78, 5) is 27.9. The third kappa shape index (κ3) is 3.16. The molecule has 3 aromatic rings. The lowest BCUT2D eigenvalue weighted by atomic mass is 9.82. The molecule has 30 heavy (non-hydrogen) atoms. The molecule has 0 atom stereocenters. The summed E-state index contributed by atoms with van der Waals surface area (Å²) in [7, 11) is 0. The Bertz CT molecular complexity index is 1170. The maximum Gasteiger partial charge on any atom is 0.254 e. The van der Waals surface area contributed by atoms with Crippen LogP contribution in [0.25, 0.3) is 10.8 Å². The molecule has 0 radical (unpaired) electrons. The number of nitrogens with zero attached hydrogens (tertiary/aromatic N) is 1. The van der Waals surface area contributed by atoms with E-state index in [-0.39, 0.29) is 11.7 Å². The molecule has 2 aliphatic rings. The number of hydrogen-bond donors (Lipinski definition) is 0. The van der Waals surface area contributed by atoms with Gasteiger partial charge in [-0.3, -0.25) is 9.59 Å². The van der Waals surface area contributed by atoms with Crippen LogP contribution < -0.4 is 4.74 Å². The van der Waals surface area contributed by atoms with E-state index in [0.29, 0.717) is 48.7 Å². The number of likely N-dealkylation sites (tertiary alicyclic amines) is 1. The predicted molar refractivity (Wildman–Crippen MR) is 118 cm³/mol. The molecule has 3 aromatic carbocycles. The highest BCUT2D eigenvalue weighted by Crippen LogP contribution is 2.41. The Kier molecular flexibility index (Phi) is 4.55. The van der Waals surface area contributed by atoms with Gasteiger partial charge in [0.05, 0.1) is 12.0 Å². The quantitative estimate of drug-likeness (QED) is 0.527. The molecule has 152 valence electrons. The number of piperidine rings is 1. The molecule has 5 heteroatoms. The fraction of sp³-hybridized carbons (Fsp3) is 0.280. The summed E-state index contributed by atoms with van der Waals surface area (Å²) in [6.07, 6.45) is 1.60. The number of hydrogen-bond acceptors (Lipinski definition) is 3. The summed E-state index contributed by atoms with van der Waals surface area (Å²) in [5, 5.41) is 2.61. The summed E-state index contributed by atoms with van der Waals surface area (Å²) < 4.78 is 6.35. The molecule has 1 saturated heterocycles. The highest BCUT2D eigenvalue weighted by molar-refractivity contribution is 6.31. The Morgan fingerprint density at radius 2 is 1.80 bits per heavy atom. The second-order valence-corrected chi connectivity index (χ2v) is 8.71. The fourth-order valence-corrected chi connectivity index (χ4v) is 4.76. The average molecular weight is 420 g/mol. The molecule has 0 unspecified atom stereocenters. The zero-order valence-electron chi connectivity index (χ0n) is 16.8. The minimum Gasteiger partial charge on any atom is -0.486 e. The number of benzene rings is 3. The second-order valence-electron chi connectivity index (χ2n) is 8.30. The number of rotatable bonds is 1. The molecular weight excluding hydrogens is 398 g/mol. The summed E-state index contributed by atoms with van der Waals surface area (Å²) >= 11 is 6.19. The van der Waals surface area contributed by atoms with E-state index < -0.39 is 5.60 Å². The summed E-state index contributed by atoms with van der Waals surface area (Å²) in [6, 6.07) is 17.3. The zero-order chi connectivity index (χ0) is 20.9. The monoisotopic (exact) mass is 419 g/mol. The molecular formula is C25H22ClNO3. The minimum atomic E-state index is -0.542. The van der Waals surface area contributed by atoms with Crippen LogP contribution in [0.5, 0.6) is 5.75 Å². The standard InChI is InChI=1S/C25H22ClNO3/c1-16-13-23-20(14-21(16)26)22(28)15-25(30-23)9-11-27(12-10-25)24(29)19-8-4-6-17-5-2-3-7-18(17)19/h2-8,13-14H,9-12,15H2,1H3. The van der Waals surface area contributed by atoms with E-state index >= 15 is 0 Å². The van der Waals surface area contributed by atoms with Crippen LogP contribution >= 0.6 is 11.6 Å². The Morgan fingerprint density at radius 3 is 2.60 bits per heavy atom. The first-order valence-electron chi connectivity index (χ1n) is 10.3. The van der Waals surface area contributed by atoms with Crippen LogP contribution in [-0.2, 0) is 0 Å². The number of halogens is 1. The first kappa shape index (κ1) is 19.1. The van der Waals surface area contributed by atoms with Gasteiger partial charge in [0.1, 0.15) is 11.4 Å². The van der Waals surface area contributed by atoms with E-state index in [1.165, 1.54) is 0 Å². The molecule has 5 rings (SSSR count). The molecule has 1 amide bonds. The normalized spacial score (nSPS) is 17.7. The van der Waals surface area contributed by atoms with Crippen LogP contribution in [0.3, 0.4) is 0 Å². The predicted octanol–water partition coefficient (Wildman–Crippen LogP) is 5.44. The van der Waals surface area contributed by atoms with Crippen LogP contribution in [-0.4, -0.2) is 35.3 Å². The van der Waals surface area contributed by atoms with E-state index in [1.54, 1.807) is 6.07 Å². The second kappa shape index (κ2) is 7.13. The van der Waals surface area contributed by atoms with Crippen molar-refractivity contribution < 1.29 is 14.3 Å². The Morgan fingerprint density at radius 1 is 1.07 bits per heavy atom. The molecule has 1 fully saturated rings. The highest BCUT2D eigenvalue weighted by Gasteiger charge is 2.44. The van der Waals surface area contributed by atoms with E-state index in [0.717, 1.165) is 21.9 Å². The van der Waals surface area contributed by atoms with E-state index in [2.05, 4.69) is 0 Å². The van der Waals surface area contributed by atoms with Gasteiger partial charge in [-0.25, -0.2) is 0 Å². The number of Topliss-reactive ketones (excluding diaryl/α,β-unsaturated/α-hetero) is 1. The number of amides is 1. The maximum absolute atomic E-state index is 13.2. The van der Waals surface area contributed by atoms with E-state index in [9.17, 15) is 9.59 Å². The third-order valence-corrected chi connectivity index (χ3v) is 6.76. The smallest absolute Gasteiger partial charge is 0.254 e. The van der Waals surface area contributed by atoms with Crippen LogP contribution in [0.1, 0.15) is 45.5 Å². The highest BCUT2D eigenvalue weighted by atomic mass is 35.5. The molecule has 0 saturated carbocycles. The Hall–Kier alpha value is -2.85. The van der Waals surface area contributed by atoms with Crippen LogP contribution in [0.15, 0.2) is 54.6 Å². The average Bonchev–Trinajstić information content (AvgIpc) is 2.75. The molecule has 4 nitrogen and oxygen atoms in total. The van der Waals surface area contributed by atoms with E-state index in [4.69, 9.17) is 16.3 Å². The lowest BCUT2D eigenvalue weighted by molar-refractivity contribution is -0.00568. The van der Waals surface area contributed by atoms with Crippen molar-refractivity contribution in [2.24, 2.45) is 0 Å². The SMILES string of the molecule is Cc1cc2c(cc1Cl)C(=O)CC1(CCN(C(=O)c3cccc4ccccc34)CC1)O2. The van der Waals surface area contributed by atoms with Gasteiger partial charge in [0.15, 0.2) is 5.78 Å². The van der Waals surface area contributed by atoms with Crippen molar-refractivity contribution in [3.63, 3.8) is 0 Å². The number of fused-ring (bicyclic) bond motifs is 2. The van der Waals surface area contributed by atoms with E-state index in [1.807, 2.05) is 60.4 Å². The van der Waals surface area contributed by atoms with Crippen molar-refractivity contribution in [1.82, 2.24) is 4.90 Å². The molecule has 2 heterocycles. The van der Waals surface area contributed by atoms with Gasteiger partial charge in [-0.1, -0.05) is 48.0 Å². The molecule has 0 aliphatic carbocycles. The number of carbonyl (C=O) groups excluding carboxylic acids is 2. The van der Waals surface area contributed by atoms with Crippen LogP contribution in [0.2, 0.25) is 5.02 Å². The Balaban J connectivity index is 1.37. The lowest BCUT2D eigenvalue weighted by Gasteiger charge is -2.44. The van der Waals surface area contributed by atoms with Crippen molar-refractivity contribution in [3.05, 3.63) is 76.3 Å².